The average molecular weight is 773 g/mol. The second-order valence-electron chi connectivity index (χ2n) is 20.4. The lowest BCUT2D eigenvalue weighted by Crippen LogP contribution is -2.16. The Morgan fingerprint density at radius 3 is 1.28 bits per heavy atom. The fraction of sp³-hybridized carbons (Fsp3) is 0.365. The Balaban J connectivity index is 1.65. The number of carbonyl (C=O) groups is 1. The van der Waals surface area contributed by atoms with E-state index in [0.717, 1.165) is 67.1 Å². The molecule has 0 radical (unpaired) electrons. The van der Waals surface area contributed by atoms with Crippen LogP contribution in [-0.2, 0) is 21.7 Å². The van der Waals surface area contributed by atoms with Crippen molar-refractivity contribution in [2.75, 3.05) is 0 Å². The minimum absolute atomic E-state index is 0.0358. The third kappa shape index (κ3) is 8.04. The summed E-state index contributed by atoms with van der Waals surface area (Å²) < 4.78 is 0. The molecule has 2 aliphatic rings. The van der Waals surface area contributed by atoms with Crippen molar-refractivity contribution in [1.82, 2.24) is 19.9 Å². The van der Waals surface area contributed by atoms with Crippen molar-refractivity contribution in [2.24, 2.45) is 0 Å². The van der Waals surface area contributed by atoms with Crippen molar-refractivity contribution < 1.29 is 9.90 Å². The van der Waals surface area contributed by atoms with E-state index in [4.69, 9.17) is 9.97 Å². The minimum Gasteiger partial charge on any atom is -0.389 e. The largest absolute Gasteiger partial charge is 0.389 e. The van der Waals surface area contributed by atoms with Gasteiger partial charge in [-0.15, -0.1) is 0 Å². The quantitative estimate of drug-likeness (QED) is 0.155. The Kier molecular flexibility index (Phi) is 10.00. The molecule has 8 bridgehead atoms. The summed E-state index contributed by atoms with van der Waals surface area (Å²) in [6, 6.07) is 21.8. The van der Waals surface area contributed by atoms with Crippen LogP contribution in [0, 0.1) is 0 Å². The van der Waals surface area contributed by atoms with E-state index in [0.29, 0.717) is 11.1 Å². The predicted molar refractivity (Wildman–Crippen MR) is 245 cm³/mol. The molecule has 6 heteroatoms. The number of benzene rings is 2. The van der Waals surface area contributed by atoms with Gasteiger partial charge in [0.1, 0.15) is 0 Å². The van der Waals surface area contributed by atoms with E-state index in [-0.39, 0.29) is 27.4 Å². The average Bonchev–Trinajstić information content (AvgIpc) is 3.92. The molecule has 3 aromatic heterocycles. The highest BCUT2D eigenvalue weighted by molar-refractivity contribution is 6.05. The third-order valence-corrected chi connectivity index (χ3v) is 11.4. The van der Waals surface area contributed by atoms with Gasteiger partial charge in [0.2, 0.25) is 0 Å². The number of ketones is 1. The van der Waals surface area contributed by atoms with Crippen LogP contribution in [0.1, 0.15) is 164 Å². The highest BCUT2D eigenvalue weighted by Gasteiger charge is 2.25. The van der Waals surface area contributed by atoms with E-state index in [1.807, 2.05) is 30.4 Å². The maximum Gasteiger partial charge on any atom is 0.161 e. The Morgan fingerprint density at radius 1 is 0.517 bits per heavy atom. The van der Waals surface area contributed by atoms with Gasteiger partial charge < -0.3 is 15.1 Å². The van der Waals surface area contributed by atoms with Crippen molar-refractivity contribution in [3.8, 4) is 22.3 Å². The lowest BCUT2D eigenvalue weighted by molar-refractivity contribution is 0.101. The zero-order valence-corrected chi connectivity index (χ0v) is 36.9. The number of aromatic amines is 2. The molecule has 5 aromatic rings. The second kappa shape index (κ2) is 14.2. The van der Waals surface area contributed by atoms with Crippen molar-refractivity contribution in [3.05, 3.63) is 117 Å². The number of aromatic nitrogens is 4. The monoisotopic (exact) mass is 772 g/mol. The highest BCUT2D eigenvalue weighted by atomic mass is 16.3. The van der Waals surface area contributed by atoms with E-state index in [1.54, 1.807) is 13.8 Å². The fourth-order valence-electron chi connectivity index (χ4n) is 7.75. The molecule has 0 saturated carbocycles. The van der Waals surface area contributed by atoms with Crippen LogP contribution in [0.4, 0.5) is 0 Å². The molecule has 6 nitrogen and oxygen atoms in total. The van der Waals surface area contributed by atoms with Crippen LogP contribution in [0.3, 0.4) is 0 Å². The van der Waals surface area contributed by atoms with Gasteiger partial charge in [-0.25, -0.2) is 9.97 Å². The van der Waals surface area contributed by atoms with Gasteiger partial charge in [0.25, 0.3) is 0 Å². The number of H-pyrrole nitrogens is 2. The molecule has 7 rings (SSSR count). The van der Waals surface area contributed by atoms with Crippen LogP contribution in [0.2, 0.25) is 0 Å². The minimum atomic E-state index is -0.739. The molecule has 300 valence electrons. The number of hydrogen-bond donors (Lipinski definition) is 3. The fourth-order valence-corrected chi connectivity index (χ4v) is 7.75. The maximum atomic E-state index is 13.4. The van der Waals surface area contributed by atoms with Crippen LogP contribution < -0.4 is 0 Å². The van der Waals surface area contributed by atoms with Crippen molar-refractivity contribution in [3.63, 3.8) is 0 Å². The lowest BCUT2D eigenvalue weighted by Gasteiger charge is -2.26. The summed E-state index contributed by atoms with van der Waals surface area (Å²) in [5.41, 5.74) is 16.0. The van der Waals surface area contributed by atoms with Crippen LogP contribution in [-0.4, -0.2) is 30.8 Å². The molecule has 3 N–H and O–H groups in total. The SMILES string of the molecule is CC(=O)c1cc2[nH]c1cc1nc(c(-c3cc(C(C)(C)C)cc(C(C)(C)C)c3)c3cc(C(C)O)c(cc4nc(c2-c2cc(C(C)(C)C)cc(C(C)(C)C)c2)C=C4)[nH]3)C=C1. The molecule has 0 saturated heterocycles. The highest BCUT2D eigenvalue weighted by Crippen LogP contribution is 2.40. The van der Waals surface area contributed by atoms with Gasteiger partial charge in [-0.2, -0.15) is 0 Å². The molecule has 2 aliphatic heterocycles. The topological polar surface area (TPSA) is 94.7 Å². The summed E-state index contributed by atoms with van der Waals surface area (Å²) in [7, 11) is 0. The normalized spacial score (nSPS) is 14.0. The van der Waals surface area contributed by atoms with Gasteiger partial charge in [-0.05, 0) is 117 Å². The zero-order valence-electron chi connectivity index (χ0n) is 36.9. The smallest absolute Gasteiger partial charge is 0.161 e. The second-order valence-corrected chi connectivity index (χ2v) is 20.4. The molecule has 1 unspecified atom stereocenters. The number of aliphatic hydroxyl groups excluding tert-OH is 1. The Labute approximate surface area is 344 Å². The molecule has 0 fully saturated rings. The number of carbonyl (C=O) groups excluding carboxylic acids is 1. The third-order valence-electron chi connectivity index (χ3n) is 11.4. The van der Waals surface area contributed by atoms with Crippen molar-refractivity contribution in [2.45, 2.75) is 125 Å². The molecular weight excluding hydrogens is 713 g/mol. The van der Waals surface area contributed by atoms with E-state index in [2.05, 4.69) is 148 Å². The summed E-state index contributed by atoms with van der Waals surface area (Å²) in [5.74, 6) is -0.0358. The van der Waals surface area contributed by atoms with E-state index >= 15 is 0 Å². The molecule has 2 aromatic carbocycles. The van der Waals surface area contributed by atoms with Gasteiger partial charge in [-0.1, -0.05) is 119 Å². The lowest BCUT2D eigenvalue weighted by atomic mass is 9.78. The first-order valence-corrected chi connectivity index (χ1v) is 20.6. The van der Waals surface area contributed by atoms with Crippen LogP contribution in [0.25, 0.3) is 68.6 Å². The summed E-state index contributed by atoms with van der Waals surface area (Å²) in [6.07, 6.45) is 7.41. The van der Waals surface area contributed by atoms with Gasteiger partial charge >= 0.3 is 0 Å². The van der Waals surface area contributed by atoms with Crippen molar-refractivity contribution in [1.29, 1.82) is 0 Å². The number of nitrogens with one attached hydrogen (secondary N) is 2. The Bertz CT molecular complexity index is 2640. The molecule has 1 atom stereocenters. The molecule has 0 amide bonds. The predicted octanol–water partition coefficient (Wildman–Crippen LogP) is 13.4. The van der Waals surface area contributed by atoms with E-state index in [1.165, 1.54) is 22.3 Å². The number of fused-ring (bicyclic) bond motifs is 8. The van der Waals surface area contributed by atoms with Gasteiger partial charge in [0.05, 0.1) is 34.4 Å². The first-order chi connectivity index (χ1) is 26.9. The van der Waals surface area contributed by atoms with Crippen LogP contribution in [0.15, 0.2) is 60.7 Å². The number of Topliss-reactive ketones (excluding diaryl/α,β-unsaturated/α-hetero) is 1. The van der Waals surface area contributed by atoms with E-state index < -0.39 is 6.10 Å². The van der Waals surface area contributed by atoms with Crippen LogP contribution >= 0.6 is 0 Å². The molecule has 58 heavy (non-hydrogen) atoms. The van der Waals surface area contributed by atoms with Gasteiger partial charge in [0, 0.05) is 38.8 Å². The first-order valence-electron chi connectivity index (χ1n) is 20.6. The number of nitrogens with zero attached hydrogens (tertiary/aromatic N) is 2. The zero-order chi connectivity index (χ0) is 42.3. The van der Waals surface area contributed by atoms with Crippen LogP contribution in [0.5, 0.6) is 0 Å². The summed E-state index contributed by atoms with van der Waals surface area (Å²) in [5, 5.41) is 11.2. The summed E-state index contributed by atoms with van der Waals surface area (Å²) in [6.45, 7) is 30.3. The number of aliphatic hydroxyl groups is 1. The summed E-state index contributed by atoms with van der Waals surface area (Å²) in [4.78, 5) is 31.3. The van der Waals surface area contributed by atoms with E-state index in [9.17, 15) is 9.90 Å². The number of rotatable bonds is 4. The Hall–Kier alpha value is -5.33. The maximum absolute atomic E-state index is 13.4. The van der Waals surface area contributed by atoms with Gasteiger partial charge in [-0.3, -0.25) is 4.79 Å². The molecular formula is C52H60N4O2. The Morgan fingerprint density at radius 2 is 0.897 bits per heavy atom. The number of hydrogen-bond acceptors (Lipinski definition) is 4. The summed E-state index contributed by atoms with van der Waals surface area (Å²) >= 11 is 0. The molecule has 0 aliphatic carbocycles. The molecule has 5 heterocycles. The standard InChI is InChI=1S/C52H60N4O2/c1-29(57)39-27-45-47(31-19-33(49(3,4)5)23-34(20-31)50(6,7)8)41-18-16-38(54-41)26-44-40(30(2)58)28-46(56-44)48(42-17-15-37(53-42)25-43(39)55-45)32-21-35(51(9,10)11)24-36(22-32)52(12,13)14/h15-29,55-57H,1-14H3. The van der Waals surface area contributed by atoms with Gasteiger partial charge in [0.15, 0.2) is 5.78 Å². The molecule has 0 spiro atoms. The van der Waals surface area contributed by atoms with Crippen molar-refractivity contribution >= 4 is 52.2 Å². The first kappa shape index (κ1) is 40.9.